The molecule has 2 aromatic carbocycles. The number of amides is 2. The molecule has 0 aromatic heterocycles. The van der Waals surface area contributed by atoms with E-state index in [1.54, 1.807) is 0 Å². The van der Waals surface area contributed by atoms with E-state index in [2.05, 4.69) is 26.4 Å². The number of esters is 1. The molecule has 0 radical (unpaired) electrons. The standard InChI is InChI=1S/C26H21BrClN3O6S/c27-13-18(32)19(30-36)23(33)29-20-24(34)31-21(17(11-12-28)14-38-25(20)31)26(35)37-22(15-7-3-1-4-8-15)16-9-5-2-6-10-16/h1-12,20,22,25,36H,13-14H2,(H,29,33)/b12-11+,30-19?/t20?,25-/m0/s1. The highest BCUT2D eigenvalue weighted by atomic mass is 79.9. The Bertz CT molecular complexity index is 1300. The van der Waals surface area contributed by atoms with Crippen molar-refractivity contribution in [3.63, 3.8) is 0 Å². The summed E-state index contributed by atoms with van der Waals surface area (Å²) in [6.45, 7) is 0. The molecule has 2 aliphatic rings. The van der Waals surface area contributed by atoms with Crippen molar-refractivity contribution in [2.75, 3.05) is 11.1 Å². The Hall–Kier alpha value is -3.41. The summed E-state index contributed by atoms with van der Waals surface area (Å²) in [4.78, 5) is 52.4. The fraction of sp³-hybridized carbons (Fsp3) is 0.192. The summed E-state index contributed by atoms with van der Waals surface area (Å²) in [5.41, 5.74) is 2.51. The Kier molecular flexibility index (Phi) is 9.03. The molecule has 1 saturated heterocycles. The number of alkyl halides is 1. The maximum Gasteiger partial charge on any atom is 0.356 e. The first kappa shape index (κ1) is 27.6. The predicted molar refractivity (Wildman–Crippen MR) is 146 cm³/mol. The van der Waals surface area contributed by atoms with Crippen molar-refractivity contribution >= 4 is 68.6 Å². The van der Waals surface area contributed by atoms with Gasteiger partial charge in [0.05, 0.1) is 5.33 Å². The van der Waals surface area contributed by atoms with Crippen LogP contribution in [-0.2, 0) is 23.9 Å². The molecule has 0 saturated carbocycles. The third-order valence-corrected chi connectivity index (χ3v) is 7.81. The number of hydrogen-bond donors (Lipinski definition) is 2. The van der Waals surface area contributed by atoms with Gasteiger partial charge in [-0.2, -0.15) is 0 Å². The Balaban J connectivity index is 1.61. The van der Waals surface area contributed by atoms with Crippen LogP contribution in [0.1, 0.15) is 17.2 Å². The average Bonchev–Trinajstić information content (AvgIpc) is 2.95. The lowest BCUT2D eigenvalue weighted by Gasteiger charge is -2.49. The van der Waals surface area contributed by atoms with Crippen LogP contribution in [0.15, 0.2) is 88.7 Å². The molecule has 4 rings (SSSR count). The minimum Gasteiger partial charge on any atom is -0.448 e. The second kappa shape index (κ2) is 12.4. The first-order valence-corrected chi connectivity index (χ1v) is 13.9. The number of carbonyl (C=O) groups excluding carboxylic acids is 4. The highest BCUT2D eigenvalue weighted by molar-refractivity contribution is 9.09. The predicted octanol–water partition coefficient (Wildman–Crippen LogP) is 3.52. The van der Waals surface area contributed by atoms with E-state index in [0.717, 1.165) is 11.1 Å². The second-order valence-electron chi connectivity index (χ2n) is 8.14. The van der Waals surface area contributed by atoms with Crippen LogP contribution in [0, 0.1) is 0 Å². The molecule has 2 atom stereocenters. The van der Waals surface area contributed by atoms with Gasteiger partial charge in [0.2, 0.25) is 11.5 Å². The van der Waals surface area contributed by atoms with Gasteiger partial charge in [-0.15, -0.1) is 11.8 Å². The molecule has 2 amide bonds. The number of carbonyl (C=O) groups is 4. The summed E-state index contributed by atoms with van der Waals surface area (Å²) in [6.07, 6.45) is 0.781. The van der Waals surface area contributed by atoms with Gasteiger partial charge in [0.25, 0.3) is 11.8 Å². The maximum absolute atomic E-state index is 13.6. The number of nitrogens with zero attached hydrogens (tertiary/aromatic N) is 2. The molecule has 0 bridgehead atoms. The highest BCUT2D eigenvalue weighted by Crippen LogP contribution is 2.42. The molecule has 2 heterocycles. The van der Waals surface area contributed by atoms with Gasteiger partial charge in [0.1, 0.15) is 17.1 Å². The zero-order chi connectivity index (χ0) is 27.2. The number of β-lactam (4-membered cyclic amide) rings is 1. The lowest BCUT2D eigenvalue weighted by Crippen LogP contribution is -2.71. The van der Waals surface area contributed by atoms with E-state index in [-0.39, 0.29) is 11.0 Å². The molecular weight excluding hydrogens is 598 g/mol. The number of allylic oxidation sites excluding steroid dienone is 1. The van der Waals surface area contributed by atoms with Crippen molar-refractivity contribution < 1.29 is 29.1 Å². The van der Waals surface area contributed by atoms with Crippen LogP contribution < -0.4 is 5.32 Å². The van der Waals surface area contributed by atoms with Crippen molar-refractivity contribution in [3.8, 4) is 0 Å². The van der Waals surface area contributed by atoms with E-state index < -0.39 is 46.8 Å². The molecule has 0 aliphatic carbocycles. The fourth-order valence-electron chi connectivity index (χ4n) is 4.08. The Morgan fingerprint density at radius 1 is 1.16 bits per heavy atom. The van der Waals surface area contributed by atoms with Crippen molar-refractivity contribution in [1.82, 2.24) is 10.2 Å². The Labute approximate surface area is 235 Å². The molecular formula is C26H21BrClN3O6S. The molecule has 2 aliphatic heterocycles. The third-order valence-electron chi connectivity index (χ3n) is 5.87. The normalized spacial score (nSPS) is 19.3. The largest absolute Gasteiger partial charge is 0.448 e. The van der Waals surface area contributed by atoms with Gasteiger partial charge < -0.3 is 15.3 Å². The molecule has 12 heteroatoms. The average molecular weight is 619 g/mol. The van der Waals surface area contributed by atoms with Crippen molar-refractivity contribution in [3.05, 3.63) is 94.7 Å². The van der Waals surface area contributed by atoms with Crippen molar-refractivity contribution in [2.24, 2.45) is 5.16 Å². The molecule has 38 heavy (non-hydrogen) atoms. The number of oxime groups is 1. The fourth-order valence-corrected chi connectivity index (χ4v) is 5.82. The number of ketones is 1. The first-order chi connectivity index (χ1) is 18.4. The van der Waals surface area contributed by atoms with Gasteiger partial charge >= 0.3 is 5.97 Å². The van der Waals surface area contributed by atoms with Crippen LogP contribution in [0.3, 0.4) is 0 Å². The maximum atomic E-state index is 13.6. The lowest BCUT2D eigenvalue weighted by molar-refractivity contribution is -0.154. The van der Waals surface area contributed by atoms with Crippen LogP contribution in [0.25, 0.3) is 0 Å². The molecule has 2 N–H and O–H groups in total. The summed E-state index contributed by atoms with van der Waals surface area (Å²) < 4.78 is 5.99. The first-order valence-electron chi connectivity index (χ1n) is 11.3. The number of rotatable bonds is 9. The minimum absolute atomic E-state index is 0.0191. The van der Waals surface area contributed by atoms with Crippen LogP contribution in [0.2, 0.25) is 0 Å². The van der Waals surface area contributed by atoms with Crippen LogP contribution >= 0.6 is 39.3 Å². The number of benzene rings is 2. The zero-order valence-electron chi connectivity index (χ0n) is 19.6. The lowest BCUT2D eigenvalue weighted by atomic mass is 10.0. The number of thioether (sulfide) groups is 1. The van der Waals surface area contributed by atoms with Crippen LogP contribution in [0.5, 0.6) is 0 Å². The highest BCUT2D eigenvalue weighted by Gasteiger charge is 2.54. The quantitative estimate of drug-likeness (QED) is 0.0838. The zero-order valence-corrected chi connectivity index (χ0v) is 22.8. The topological polar surface area (TPSA) is 125 Å². The SMILES string of the molecule is O=C(CBr)C(=NO)C(=O)NC1C(=O)N2C(C(=O)OC(c3ccccc3)c3ccccc3)=C(/C=C/Cl)CS[C@@H]12. The summed E-state index contributed by atoms with van der Waals surface area (Å²) in [5, 5.41) is 13.4. The number of hydrogen-bond acceptors (Lipinski definition) is 8. The molecule has 1 fully saturated rings. The van der Waals surface area contributed by atoms with E-state index in [1.807, 2.05) is 60.7 Å². The Morgan fingerprint density at radius 3 is 2.29 bits per heavy atom. The van der Waals surface area contributed by atoms with E-state index in [4.69, 9.17) is 21.5 Å². The smallest absolute Gasteiger partial charge is 0.356 e. The van der Waals surface area contributed by atoms with Gasteiger partial charge in [-0.25, -0.2) is 4.79 Å². The number of halogens is 2. The van der Waals surface area contributed by atoms with Gasteiger partial charge in [-0.05, 0) is 22.8 Å². The molecule has 2 aromatic rings. The molecule has 0 spiro atoms. The summed E-state index contributed by atoms with van der Waals surface area (Å²) in [7, 11) is 0. The van der Waals surface area contributed by atoms with E-state index in [1.165, 1.54) is 28.3 Å². The van der Waals surface area contributed by atoms with Gasteiger partial charge in [-0.3, -0.25) is 19.3 Å². The summed E-state index contributed by atoms with van der Waals surface area (Å²) >= 11 is 10.0. The van der Waals surface area contributed by atoms with Crippen molar-refractivity contribution in [2.45, 2.75) is 17.5 Å². The van der Waals surface area contributed by atoms with Crippen LogP contribution in [0.4, 0.5) is 0 Å². The van der Waals surface area contributed by atoms with Crippen molar-refractivity contribution in [1.29, 1.82) is 0 Å². The Morgan fingerprint density at radius 2 is 1.76 bits per heavy atom. The molecule has 1 unspecified atom stereocenters. The molecule has 9 nitrogen and oxygen atoms in total. The number of nitrogens with one attached hydrogen (secondary N) is 1. The minimum atomic E-state index is -1.05. The van der Waals surface area contributed by atoms with E-state index in [0.29, 0.717) is 11.3 Å². The second-order valence-corrected chi connectivity index (χ2v) is 10.1. The summed E-state index contributed by atoms with van der Waals surface area (Å²) in [6, 6.07) is 17.4. The van der Waals surface area contributed by atoms with Gasteiger partial charge in [-0.1, -0.05) is 93.4 Å². The van der Waals surface area contributed by atoms with E-state index >= 15 is 0 Å². The third kappa shape index (κ3) is 5.54. The van der Waals surface area contributed by atoms with Crippen LogP contribution in [-0.4, -0.2) is 61.9 Å². The number of fused-ring (bicyclic) bond motifs is 1. The van der Waals surface area contributed by atoms with E-state index in [9.17, 15) is 19.2 Å². The summed E-state index contributed by atoms with van der Waals surface area (Å²) in [5.74, 6) is -2.76. The monoisotopic (exact) mass is 617 g/mol. The molecule has 196 valence electrons. The number of Topliss-reactive ketones (excluding diaryl/α,β-unsaturated/α-hetero) is 1. The van der Waals surface area contributed by atoms with Gasteiger partial charge in [0.15, 0.2) is 6.10 Å². The number of ether oxygens (including phenoxy) is 1. The van der Waals surface area contributed by atoms with Gasteiger partial charge in [0, 0.05) is 11.3 Å².